The average molecular weight is 301 g/mol. The Kier molecular flexibility index (Phi) is 3.92. The zero-order valence-electron chi connectivity index (χ0n) is 11.8. The summed E-state index contributed by atoms with van der Waals surface area (Å²) in [6.07, 6.45) is 3.72. The minimum atomic E-state index is 0.712. The van der Waals surface area contributed by atoms with Crippen LogP contribution in [0.4, 0.5) is 0 Å². The molecule has 0 bridgehead atoms. The van der Waals surface area contributed by atoms with E-state index in [0.29, 0.717) is 5.16 Å². The molecule has 0 amide bonds. The van der Waals surface area contributed by atoms with Gasteiger partial charge in [-0.25, -0.2) is 9.97 Å². The number of rotatable bonds is 5. The highest BCUT2D eigenvalue weighted by molar-refractivity contribution is 7.98. The van der Waals surface area contributed by atoms with Crippen LogP contribution in [-0.4, -0.2) is 31.8 Å². The number of aromatic amines is 1. The lowest BCUT2D eigenvalue weighted by atomic mass is 10.2. The monoisotopic (exact) mass is 301 g/mol. The van der Waals surface area contributed by atoms with Crippen LogP contribution in [0.5, 0.6) is 5.75 Å². The third kappa shape index (κ3) is 3.08. The fourth-order valence-corrected chi connectivity index (χ4v) is 2.66. The molecule has 0 radical (unpaired) electrons. The number of aryl methyl sites for hydroxylation is 1. The van der Waals surface area contributed by atoms with E-state index in [4.69, 9.17) is 4.74 Å². The fraction of sp³-hybridized carbons (Fsp3) is 0.214. The van der Waals surface area contributed by atoms with Crippen LogP contribution in [0.15, 0.2) is 41.8 Å². The highest BCUT2D eigenvalue weighted by atomic mass is 32.2. The zero-order valence-corrected chi connectivity index (χ0v) is 12.6. The molecule has 0 aliphatic rings. The van der Waals surface area contributed by atoms with Crippen molar-refractivity contribution in [2.45, 2.75) is 10.9 Å². The Bertz CT molecular complexity index is 719. The smallest absolute Gasteiger partial charge is 0.209 e. The largest absolute Gasteiger partial charge is 0.497 e. The normalized spacial score (nSPS) is 10.8. The van der Waals surface area contributed by atoms with Crippen molar-refractivity contribution in [2.75, 3.05) is 7.11 Å². The van der Waals surface area contributed by atoms with E-state index in [1.54, 1.807) is 25.1 Å². The highest BCUT2D eigenvalue weighted by Crippen LogP contribution is 2.23. The van der Waals surface area contributed by atoms with E-state index in [2.05, 4.69) is 20.2 Å². The SMILES string of the molecule is COc1ccc(-c2nc(SCc3nccn3C)n[nH]2)cc1. The molecule has 1 aromatic carbocycles. The van der Waals surface area contributed by atoms with Crippen LogP contribution in [0.25, 0.3) is 11.4 Å². The van der Waals surface area contributed by atoms with Gasteiger partial charge in [0.05, 0.1) is 12.9 Å². The van der Waals surface area contributed by atoms with Gasteiger partial charge in [-0.3, -0.25) is 5.10 Å². The molecule has 2 aromatic heterocycles. The number of hydrogen-bond donors (Lipinski definition) is 1. The molecule has 0 spiro atoms. The fourth-order valence-electron chi connectivity index (χ4n) is 1.85. The van der Waals surface area contributed by atoms with Crippen LogP contribution in [0, 0.1) is 0 Å². The highest BCUT2D eigenvalue weighted by Gasteiger charge is 2.08. The number of imidazole rings is 1. The lowest BCUT2D eigenvalue weighted by molar-refractivity contribution is 0.415. The maximum atomic E-state index is 5.14. The third-order valence-electron chi connectivity index (χ3n) is 3.08. The van der Waals surface area contributed by atoms with Crippen LogP contribution in [0.3, 0.4) is 0 Å². The van der Waals surface area contributed by atoms with E-state index in [-0.39, 0.29) is 0 Å². The van der Waals surface area contributed by atoms with Crippen molar-refractivity contribution in [3.05, 3.63) is 42.5 Å². The van der Waals surface area contributed by atoms with Crippen LogP contribution >= 0.6 is 11.8 Å². The first-order chi connectivity index (χ1) is 10.3. The first-order valence-electron chi connectivity index (χ1n) is 6.42. The van der Waals surface area contributed by atoms with Gasteiger partial charge in [-0.2, -0.15) is 0 Å². The second-order valence-corrected chi connectivity index (χ2v) is 5.38. The van der Waals surface area contributed by atoms with Crippen molar-refractivity contribution in [3.8, 4) is 17.1 Å². The Morgan fingerprint density at radius 1 is 1.29 bits per heavy atom. The maximum absolute atomic E-state index is 5.14. The van der Waals surface area contributed by atoms with Crippen molar-refractivity contribution >= 4 is 11.8 Å². The van der Waals surface area contributed by atoms with Crippen molar-refractivity contribution < 1.29 is 4.74 Å². The van der Waals surface area contributed by atoms with E-state index in [0.717, 1.165) is 28.7 Å². The Morgan fingerprint density at radius 2 is 2.10 bits per heavy atom. The summed E-state index contributed by atoms with van der Waals surface area (Å²) in [7, 11) is 3.62. The van der Waals surface area contributed by atoms with Gasteiger partial charge in [-0.05, 0) is 24.3 Å². The van der Waals surface area contributed by atoms with Crippen LogP contribution < -0.4 is 4.74 Å². The number of thioether (sulfide) groups is 1. The summed E-state index contributed by atoms with van der Waals surface area (Å²) in [4.78, 5) is 8.76. The molecule has 6 nitrogen and oxygen atoms in total. The van der Waals surface area contributed by atoms with E-state index >= 15 is 0 Å². The molecular weight excluding hydrogens is 286 g/mol. The van der Waals surface area contributed by atoms with Crippen LogP contribution in [-0.2, 0) is 12.8 Å². The Morgan fingerprint density at radius 3 is 2.76 bits per heavy atom. The van der Waals surface area contributed by atoms with Crippen LogP contribution in [0.2, 0.25) is 0 Å². The zero-order chi connectivity index (χ0) is 14.7. The van der Waals surface area contributed by atoms with Crippen molar-refractivity contribution in [3.63, 3.8) is 0 Å². The topological polar surface area (TPSA) is 68.6 Å². The van der Waals surface area contributed by atoms with E-state index in [1.165, 1.54) is 0 Å². The molecule has 0 aliphatic heterocycles. The lowest BCUT2D eigenvalue weighted by Gasteiger charge is -2.00. The Labute approximate surface area is 126 Å². The second kappa shape index (κ2) is 6.01. The van der Waals surface area contributed by atoms with Crippen LogP contribution in [0.1, 0.15) is 5.82 Å². The summed E-state index contributed by atoms with van der Waals surface area (Å²) in [6.45, 7) is 0. The quantitative estimate of drug-likeness (QED) is 0.733. The molecular formula is C14H15N5OS. The molecule has 0 unspecified atom stereocenters. The molecule has 108 valence electrons. The van der Waals surface area contributed by atoms with Crippen molar-refractivity contribution in [1.29, 1.82) is 0 Å². The first kappa shape index (κ1) is 13.7. The molecule has 3 aromatic rings. The summed E-state index contributed by atoms with van der Waals surface area (Å²) in [5, 5.41) is 7.89. The Balaban J connectivity index is 1.69. The van der Waals surface area contributed by atoms with Crippen molar-refractivity contribution in [1.82, 2.24) is 24.7 Å². The number of aromatic nitrogens is 5. The molecule has 7 heteroatoms. The van der Waals surface area contributed by atoms with Gasteiger partial charge in [0.2, 0.25) is 5.16 Å². The molecule has 0 aliphatic carbocycles. The molecule has 0 atom stereocenters. The van der Waals surface area contributed by atoms with Gasteiger partial charge in [0.15, 0.2) is 5.82 Å². The van der Waals surface area contributed by atoms with Gasteiger partial charge >= 0.3 is 0 Å². The number of hydrogen-bond acceptors (Lipinski definition) is 5. The predicted molar refractivity (Wildman–Crippen MR) is 81.1 cm³/mol. The van der Waals surface area contributed by atoms with Gasteiger partial charge in [0.25, 0.3) is 0 Å². The second-order valence-electron chi connectivity index (χ2n) is 4.44. The first-order valence-corrected chi connectivity index (χ1v) is 7.40. The molecule has 0 fully saturated rings. The summed E-state index contributed by atoms with van der Waals surface area (Å²) < 4.78 is 7.13. The van der Waals surface area contributed by atoms with Gasteiger partial charge in [0.1, 0.15) is 11.6 Å². The Hall–Kier alpha value is -2.28. The molecule has 1 N–H and O–H groups in total. The van der Waals surface area contributed by atoms with Gasteiger partial charge in [0, 0.05) is 25.0 Å². The molecule has 0 saturated heterocycles. The summed E-state index contributed by atoms with van der Waals surface area (Å²) in [6, 6.07) is 7.70. The maximum Gasteiger partial charge on any atom is 0.209 e. The number of nitrogens with zero attached hydrogens (tertiary/aromatic N) is 4. The predicted octanol–water partition coefficient (Wildman–Crippen LogP) is 2.51. The minimum absolute atomic E-state index is 0.712. The number of H-pyrrole nitrogens is 1. The molecule has 3 rings (SSSR count). The van der Waals surface area contributed by atoms with Gasteiger partial charge in [-0.15, -0.1) is 5.10 Å². The third-order valence-corrected chi connectivity index (χ3v) is 3.92. The summed E-state index contributed by atoms with van der Waals surface area (Å²) >= 11 is 1.55. The minimum Gasteiger partial charge on any atom is -0.497 e. The number of ether oxygens (including phenoxy) is 1. The molecule has 0 saturated carbocycles. The number of benzene rings is 1. The lowest BCUT2D eigenvalue weighted by Crippen LogP contribution is -1.94. The average Bonchev–Trinajstić information content (AvgIpc) is 3.14. The van der Waals surface area contributed by atoms with Crippen molar-refractivity contribution in [2.24, 2.45) is 7.05 Å². The van der Waals surface area contributed by atoms with E-state index < -0.39 is 0 Å². The summed E-state index contributed by atoms with van der Waals surface area (Å²) in [5.41, 5.74) is 0.979. The van der Waals surface area contributed by atoms with Gasteiger partial charge < -0.3 is 9.30 Å². The van der Waals surface area contributed by atoms with Gasteiger partial charge in [-0.1, -0.05) is 11.8 Å². The summed E-state index contributed by atoms with van der Waals surface area (Å²) in [5.74, 6) is 3.31. The van der Waals surface area contributed by atoms with E-state index in [9.17, 15) is 0 Å². The standard InChI is InChI=1S/C14H15N5OS/c1-19-8-7-15-12(19)9-21-14-16-13(17-18-14)10-3-5-11(20-2)6-4-10/h3-8H,9H2,1-2H3,(H,16,17,18). The molecule has 2 heterocycles. The number of methoxy groups -OCH3 is 1. The van der Waals surface area contributed by atoms with E-state index in [1.807, 2.05) is 42.1 Å². The molecule has 21 heavy (non-hydrogen) atoms. The number of nitrogens with one attached hydrogen (secondary N) is 1.